The molecule has 1 unspecified atom stereocenters. The summed E-state index contributed by atoms with van der Waals surface area (Å²) in [6.07, 6.45) is 4.10. The Hall–Kier alpha value is -2.89. The van der Waals surface area contributed by atoms with Gasteiger partial charge in [-0.05, 0) is 37.5 Å². The molecule has 3 aromatic rings. The van der Waals surface area contributed by atoms with Gasteiger partial charge < -0.3 is 10.3 Å². The Balaban J connectivity index is 1.49. The molecule has 1 saturated carbocycles. The molecule has 0 saturated heterocycles. The molecule has 6 heteroatoms. The summed E-state index contributed by atoms with van der Waals surface area (Å²) in [4.78, 5) is 27.8. The molecule has 0 bridgehead atoms. The number of carbonyl (C=O) groups excluding carboxylic acids is 1. The fraction of sp³-hybridized carbons (Fsp3) is 0.316. The second kappa shape index (κ2) is 6.20. The van der Waals surface area contributed by atoms with E-state index in [0.717, 1.165) is 35.0 Å². The van der Waals surface area contributed by atoms with Crippen LogP contribution >= 0.6 is 0 Å². The van der Waals surface area contributed by atoms with Gasteiger partial charge in [0.25, 0.3) is 5.56 Å². The van der Waals surface area contributed by atoms with Crippen LogP contribution in [0.1, 0.15) is 43.0 Å². The van der Waals surface area contributed by atoms with Gasteiger partial charge in [0, 0.05) is 35.6 Å². The number of para-hydroxylation sites is 1. The zero-order chi connectivity index (χ0) is 17.4. The summed E-state index contributed by atoms with van der Waals surface area (Å²) in [6, 6.07) is 10.6. The number of benzene rings is 1. The Morgan fingerprint density at radius 1 is 1.32 bits per heavy atom. The molecule has 1 amide bonds. The van der Waals surface area contributed by atoms with Gasteiger partial charge in [-0.25, -0.2) is 4.68 Å². The van der Waals surface area contributed by atoms with Crippen molar-refractivity contribution in [2.24, 2.45) is 0 Å². The van der Waals surface area contributed by atoms with Gasteiger partial charge in [-0.15, -0.1) is 0 Å². The summed E-state index contributed by atoms with van der Waals surface area (Å²) in [5, 5.41) is 8.38. The maximum Gasteiger partial charge on any atom is 0.267 e. The molecule has 2 aromatic heterocycles. The average molecular weight is 336 g/mol. The summed E-state index contributed by atoms with van der Waals surface area (Å²) in [5.74, 6) is 0.223. The van der Waals surface area contributed by atoms with Crippen molar-refractivity contribution in [3.8, 4) is 0 Å². The van der Waals surface area contributed by atoms with E-state index >= 15 is 0 Å². The normalized spacial score (nSPS) is 15.2. The first kappa shape index (κ1) is 15.6. The highest BCUT2D eigenvalue weighted by Gasteiger charge is 2.27. The van der Waals surface area contributed by atoms with Crippen LogP contribution in [0.3, 0.4) is 0 Å². The number of hydrogen-bond donors (Lipinski definition) is 2. The zero-order valence-electron chi connectivity index (χ0n) is 14.0. The topological polar surface area (TPSA) is 79.8 Å². The lowest BCUT2D eigenvalue weighted by atomic mass is 10.2. The van der Waals surface area contributed by atoms with Gasteiger partial charge in [0.15, 0.2) is 0 Å². The molecule has 0 radical (unpaired) electrons. The van der Waals surface area contributed by atoms with Crippen molar-refractivity contribution in [2.75, 3.05) is 0 Å². The maximum atomic E-state index is 12.5. The monoisotopic (exact) mass is 336 g/mol. The van der Waals surface area contributed by atoms with Crippen LogP contribution in [0.5, 0.6) is 0 Å². The SMILES string of the molecule is CC(C(=O)NCc1c[nH]c2ccccc12)n1nc(C2CC2)ccc1=O. The van der Waals surface area contributed by atoms with Gasteiger partial charge in [0.1, 0.15) is 6.04 Å². The van der Waals surface area contributed by atoms with E-state index in [2.05, 4.69) is 15.4 Å². The average Bonchev–Trinajstić information content (AvgIpc) is 3.40. The Morgan fingerprint density at radius 3 is 2.92 bits per heavy atom. The van der Waals surface area contributed by atoms with Crippen molar-refractivity contribution in [3.63, 3.8) is 0 Å². The van der Waals surface area contributed by atoms with E-state index in [0.29, 0.717) is 12.5 Å². The summed E-state index contributed by atoms with van der Waals surface area (Å²) in [6.45, 7) is 2.11. The first-order chi connectivity index (χ1) is 12.1. The van der Waals surface area contributed by atoms with Crippen molar-refractivity contribution in [1.29, 1.82) is 0 Å². The molecule has 2 N–H and O–H groups in total. The summed E-state index contributed by atoms with van der Waals surface area (Å²) in [5.41, 5.74) is 2.70. The minimum Gasteiger partial charge on any atom is -0.361 e. The van der Waals surface area contributed by atoms with Crippen molar-refractivity contribution < 1.29 is 4.79 Å². The number of carbonyl (C=O) groups is 1. The molecule has 0 spiro atoms. The van der Waals surface area contributed by atoms with Gasteiger partial charge in [0.05, 0.1) is 5.69 Å². The van der Waals surface area contributed by atoms with Gasteiger partial charge >= 0.3 is 0 Å². The lowest BCUT2D eigenvalue weighted by Gasteiger charge is -2.14. The predicted molar refractivity (Wildman–Crippen MR) is 95.3 cm³/mol. The fourth-order valence-corrected chi connectivity index (χ4v) is 3.03. The van der Waals surface area contributed by atoms with Crippen molar-refractivity contribution in [1.82, 2.24) is 20.1 Å². The van der Waals surface area contributed by atoms with Crippen LogP contribution in [0.2, 0.25) is 0 Å². The van der Waals surface area contributed by atoms with Crippen LogP contribution in [0.15, 0.2) is 47.4 Å². The molecule has 1 fully saturated rings. The summed E-state index contributed by atoms with van der Waals surface area (Å²) in [7, 11) is 0. The van der Waals surface area contributed by atoms with Crippen LogP contribution in [-0.4, -0.2) is 20.7 Å². The Labute approximate surface area is 144 Å². The standard InChI is InChI=1S/C19H20N4O2/c1-12(23-18(24)9-8-16(22-23)13-6-7-13)19(25)21-11-14-10-20-17-5-3-2-4-15(14)17/h2-5,8-10,12-13,20H,6-7,11H2,1H3,(H,21,25). The van der Waals surface area contributed by atoms with E-state index in [1.54, 1.807) is 13.0 Å². The molecule has 1 aliphatic carbocycles. The van der Waals surface area contributed by atoms with Gasteiger partial charge in [-0.2, -0.15) is 5.10 Å². The van der Waals surface area contributed by atoms with E-state index in [1.165, 1.54) is 10.7 Å². The lowest BCUT2D eigenvalue weighted by molar-refractivity contribution is -0.124. The number of aromatic nitrogens is 3. The molecular weight excluding hydrogens is 316 g/mol. The maximum absolute atomic E-state index is 12.5. The van der Waals surface area contributed by atoms with Crippen molar-refractivity contribution >= 4 is 16.8 Å². The van der Waals surface area contributed by atoms with Crippen molar-refractivity contribution in [3.05, 3.63) is 64.2 Å². The third-order valence-electron chi connectivity index (χ3n) is 4.72. The molecule has 0 aliphatic heterocycles. The van der Waals surface area contributed by atoms with Crippen LogP contribution in [0, 0.1) is 0 Å². The number of nitrogens with zero attached hydrogens (tertiary/aromatic N) is 2. The third kappa shape index (κ3) is 3.07. The predicted octanol–water partition coefficient (Wildman–Crippen LogP) is 2.48. The number of rotatable bonds is 5. The van der Waals surface area contributed by atoms with Crippen LogP contribution in [0.4, 0.5) is 0 Å². The quantitative estimate of drug-likeness (QED) is 0.751. The molecule has 2 heterocycles. The van der Waals surface area contributed by atoms with Crippen molar-refractivity contribution in [2.45, 2.75) is 38.3 Å². The van der Waals surface area contributed by atoms with Gasteiger partial charge in [-0.1, -0.05) is 18.2 Å². The molecule has 128 valence electrons. The number of amides is 1. The lowest BCUT2D eigenvalue weighted by Crippen LogP contribution is -2.36. The Kier molecular flexibility index (Phi) is 3.87. The molecule has 25 heavy (non-hydrogen) atoms. The molecule has 6 nitrogen and oxygen atoms in total. The minimum atomic E-state index is -0.642. The van der Waals surface area contributed by atoms with E-state index in [1.807, 2.05) is 30.5 Å². The second-order valence-electron chi connectivity index (χ2n) is 6.57. The van der Waals surface area contributed by atoms with Crippen LogP contribution in [0.25, 0.3) is 10.9 Å². The summed E-state index contributed by atoms with van der Waals surface area (Å²) < 4.78 is 1.29. The number of aromatic amines is 1. The van der Waals surface area contributed by atoms with Gasteiger partial charge in [0.2, 0.25) is 5.91 Å². The largest absolute Gasteiger partial charge is 0.361 e. The molecule has 1 aromatic carbocycles. The van der Waals surface area contributed by atoms with E-state index in [9.17, 15) is 9.59 Å². The summed E-state index contributed by atoms with van der Waals surface area (Å²) >= 11 is 0. The van der Waals surface area contributed by atoms with E-state index in [4.69, 9.17) is 0 Å². The highest BCUT2D eigenvalue weighted by molar-refractivity contribution is 5.84. The molecule has 4 rings (SSSR count). The Morgan fingerprint density at radius 2 is 2.12 bits per heavy atom. The number of H-pyrrole nitrogens is 1. The zero-order valence-corrected chi connectivity index (χ0v) is 14.0. The molecule has 1 atom stereocenters. The first-order valence-electron chi connectivity index (χ1n) is 8.56. The van der Waals surface area contributed by atoms with Gasteiger partial charge in [-0.3, -0.25) is 9.59 Å². The van der Waals surface area contributed by atoms with Crippen LogP contribution in [-0.2, 0) is 11.3 Å². The highest BCUT2D eigenvalue weighted by Crippen LogP contribution is 2.38. The third-order valence-corrected chi connectivity index (χ3v) is 4.72. The highest BCUT2D eigenvalue weighted by atomic mass is 16.2. The smallest absolute Gasteiger partial charge is 0.267 e. The number of fused-ring (bicyclic) bond motifs is 1. The fourth-order valence-electron chi connectivity index (χ4n) is 3.03. The van der Waals surface area contributed by atoms with E-state index in [-0.39, 0.29) is 11.5 Å². The minimum absolute atomic E-state index is 0.215. The van der Waals surface area contributed by atoms with Crippen LogP contribution < -0.4 is 10.9 Å². The first-order valence-corrected chi connectivity index (χ1v) is 8.56. The molecular formula is C19H20N4O2. The number of nitrogens with one attached hydrogen (secondary N) is 2. The Bertz CT molecular complexity index is 984. The van der Waals surface area contributed by atoms with E-state index < -0.39 is 6.04 Å². The second-order valence-corrected chi connectivity index (χ2v) is 6.57. The number of hydrogen-bond acceptors (Lipinski definition) is 3. The molecule has 1 aliphatic rings.